The van der Waals surface area contributed by atoms with E-state index in [1.807, 2.05) is 0 Å². The van der Waals surface area contributed by atoms with Gasteiger partial charge in [0.1, 0.15) is 12.1 Å². The first kappa shape index (κ1) is 20.5. The summed E-state index contributed by atoms with van der Waals surface area (Å²) in [4.78, 5) is 38.6. The molecule has 1 heterocycles. The average Bonchev–Trinajstić information content (AvgIpc) is 3.00. The van der Waals surface area contributed by atoms with E-state index in [2.05, 4.69) is 20.8 Å². The van der Waals surface area contributed by atoms with Gasteiger partial charge in [-0.15, -0.1) is 0 Å². The average molecular weight is 358 g/mol. The molecule has 1 aromatic rings. The molecule has 0 bridgehead atoms. The first-order chi connectivity index (χ1) is 11.6. The highest BCUT2D eigenvalue weighted by atomic mass is 16.5. The number of aromatic nitrogens is 2. The minimum Gasteiger partial charge on any atom is -0.394 e. The van der Waals surface area contributed by atoms with Crippen molar-refractivity contribution in [2.75, 3.05) is 6.61 Å². The molecule has 0 aliphatic carbocycles. The Kier molecular flexibility index (Phi) is 7.42. The lowest BCUT2D eigenvalue weighted by molar-refractivity contribution is -0.121. The van der Waals surface area contributed by atoms with Gasteiger partial charge in [0.05, 0.1) is 25.2 Å². The lowest BCUT2D eigenvalue weighted by Gasteiger charge is -2.20. The molecule has 4 atom stereocenters. The SMILES string of the molecule is CC(=O)[C@@H](NC(=O)N[C@@H](CC(N)=O)c1nc([C@H](N)CO)no1)C(C)O. The van der Waals surface area contributed by atoms with Crippen molar-refractivity contribution >= 4 is 17.7 Å². The zero-order chi connectivity index (χ0) is 19.1. The molecule has 0 aliphatic rings. The monoisotopic (exact) mass is 358 g/mol. The number of carbonyl (C=O) groups excluding carboxylic acids is 3. The quantitative estimate of drug-likeness (QED) is 0.278. The second-order valence-electron chi connectivity index (χ2n) is 5.45. The zero-order valence-corrected chi connectivity index (χ0v) is 13.8. The summed E-state index contributed by atoms with van der Waals surface area (Å²) in [5, 5.41) is 26.7. The van der Waals surface area contributed by atoms with E-state index in [1.54, 1.807) is 0 Å². The number of hydrogen-bond donors (Lipinski definition) is 6. The molecule has 0 aliphatic heterocycles. The van der Waals surface area contributed by atoms with Crippen LogP contribution in [0.3, 0.4) is 0 Å². The van der Waals surface area contributed by atoms with Gasteiger partial charge in [-0.1, -0.05) is 5.16 Å². The molecule has 0 fully saturated rings. The van der Waals surface area contributed by atoms with Crippen LogP contribution in [0.2, 0.25) is 0 Å². The van der Waals surface area contributed by atoms with E-state index in [1.165, 1.54) is 13.8 Å². The zero-order valence-electron chi connectivity index (χ0n) is 13.8. The number of rotatable bonds is 9. The number of primary amides is 1. The molecule has 1 rings (SSSR count). The molecular weight excluding hydrogens is 336 g/mol. The van der Waals surface area contributed by atoms with Gasteiger partial charge in [-0.3, -0.25) is 9.59 Å². The number of carbonyl (C=O) groups is 3. The summed E-state index contributed by atoms with van der Waals surface area (Å²) in [6, 6.07) is -3.95. The van der Waals surface area contributed by atoms with Crippen molar-refractivity contribution in [3.63, 3.8) is 0 Å². The lowest BCUT2D eigenvalue weighted by Crippen LogP contribution is -2.51. The van der Waals surface area contributed by atoms with Crippen LogP contribution in [0.1, 0.15) is 44.1 Å². The molecule has 0 spiro atoms. The molecule has 0 saturated carbocycles. The second-order valence-corrected chi connectivity index (χ2v) is 5.45. The van der Waals surface area contributed by atoms with Crippen LogP contribution in [-0.2, 0) is 9.59 Å². The van der Waals surface area contributed by atoms with Gasteiger partial charge in [-0.05, 0) is 13.8 Å². The Bertz CT molecular complexity index is 618. The largest absolute Gasteiger partial charge is 0.394 e. The Morgan fingerprint density at radius 3 is 2.44 bits per heavy atom. The van der Waals surface area contributed by atoms with Gasteiger partial charge >= 0.3 is 6.03 Å². The van der Waals surface area contributed by atoms with Crippen molar-refractivity contribution in [3.05, 3.63) is 11.7 Å². The third-order valence-corrected chi connectivity index (χ3v) is 3.20. The van der Waals surface area contributed by atoms with Crippen LogP contribution >= 0.6 is 0 Å². The van der Waals surface area contributed by atoms with Gasteiger partial charge in [0.25, 0.3) is 0 Å². The third kappa shape index (κ3) is 6.10. The number of nitrogens with zero attached hydrogens (tertiary/aromatic N) is 2. The van der Waals surface area contributed by atoms with Crippen LogP contribution in [0, 0.1) is 0 Å². The molecule has 3 amide bonds. The van der Waals surface area contributed by atoms with E-state index in [-0.39, 0.29) is 18.1 Å². The smallest absolute Gasteiger partial charge is 0.316 e. The van der Waals surface area contributed by atoms with Gasteiger partial charge in [-0.2, -0.15) is 4.98 Å². The number of nitrogens with one attached hydrogen (secondary N) is 2. The van der Waals surface area contributed by atoms with Crippen LogP contribution in [0.4, 0.5) is 4.79 Å². The molecular formula is C13H22N6O6. The van der Waals surface area contributed by atoms with Crippen molar-refractivity contribution in [1.29, 1.82) is 0 Å². The molecule has 25 heavy (non-hydrogen) atoms. The minimum absolute atomic E-state index is 0.0141. The fourth-order valence-corrected chi connectivity index (χ4v) is 1.93. The number of nitrogens with two attached hydrogens (primary N) is 2. The number of aliphatic hydroxyl groups is 2. The predicted molar refractivity (Wildman–Crippen MR) is 82.7 cm³/mol. The molecule has 1 aromatic heterocycles. The number of amides is 3. The minimum atomic E-state index is -1.13. The molecule has 0 radical (unpaired) electrons. The van der Waals surface area contributed by atoms with Crippen LogP contribution in [0.5, 0.6) is 0 Å². The Morgan fingerprint density at radius 1 is 1.32 bits per heavy atom. The molecule has 0 saturated heterocycles. The maximum absolute atomic E-state index is 12.0. The number of hydrogen-bond acceptors (Lipinski definition) is 9. The summed E-state index contributed by atoms with van der Waals surface area (Å²) in [6.07, 6.45) is -1.47. The van der Waals surface area contributed by atoms with Crippen LogP contribution < -0.4 is 22.1 Å². The van der Waals surface area contributed by atoms with Crippen LogP contribution in [0.25, 0.3) is 0 Å². The van der Waals surface area contributed by atoms with Crippen LogP contribution in [0.15, 0.2) is 4.52 Å². The summed E-state index contributed by atoms with van der Waals surface area (Å²) in [7, 11) is 0. The van der Waals surface area contributed by atoms with Gasteiger partial charge in [-0.25, -0.2) is 4.79 Å². The Labute approximate surface area is 142 Å². The molecule has 8 N–H and O–H groups in total. The van der Waals surface area contributed by atoms with E-state index < -0.39 is 48.6 Å². The summed E-state index contributed by atoms with van der Waals surface area (Å²) in [5.41, 5.74) is 10.7. The fraction of sp³-hybridized carbons (Fsp3) is 0.615. The van der Waals surface area contributed by atoms with Gasteiger partial charge in [0.2, 0.25) is 11.8 Å². The number of ketones is 1. The highest BCUT2D eigenvalue weighted by Crippen LogP contribution is 2.16. The van der Waals surface area contributed by atoms with Crippen molar-refractivity contribution in [2.24, 2.45) is 11.5 Å². The maximum Gasteiger partial charge on any atom is 0.316 e. The Morgan fingerprint density at radius 2 is 1.96 bits per heavy atom. The van der Waals surface area contributed by atoms with E-state index >= 15 is 0 Å². The summed E-state index contributed by atoms with van der Waals surface area (Å²) in [6.45, 7) is 2.12. The highest BCUT2D eigenvalue weighted by molar-refractivity contribution is 5.87. The lowest BCUT2D eigenvalue weighted by atomic mass is 10.1. The molecule has 140 valence electrons. The van der Waals surface area contributed by atoms with E-state index in [9.17, 15) is 19.5 Å². The number of aliphatic hydroxyl groups excluding tert-OH is 2. The van der Waals surface area contributed by atoms with E-state index in [0.717, 1.165) is 0 Å². The highest BCUT2D eigenvalue weighted by Gasteiger charge is 2.27. The normalized spacial score (nSPS) is 15.7. The molecule has 1 unspecified atom stereocenters. The fourth-order valence-electron chi connectivity index (χ4n) is 1.93. The summed E-state index contributed by atoms with van der Waals surface area (Å²) >= 11 is 0. The van der Waals surface area contributed by atoms with Crippen molar-refractivity contribution in [3.8, 4) is 0 Å². The van der Waals surface area contributed by atoms with Crippen molar-refractivity contribution < 1.29 is 29.1 Å². The first-order valence-electron chi connectivity index (χ1n) is 7.39. The van der Waals surface area contributed by atoms with E-state index in [4.69, 9.17) is 21.1 Å². The second kappa shape index (κ2) is 9.05. The van der Waals surface area contributed by atoms with Gasteiger partial charge in [0.15, 0.2) is 11.6 Å². The number of urea groups is 1. The maximum atomic E-state index is 12.0. The topological polar surface area (TPSA) is 207 Å². The molecule has 0 aromatic carbocycles. The third-order valence-electron chi connectivity index (χ3n) is 3.20. The van der Waals surface area contributed by atoms with Gasteiger partial charge in [0, 0.05) is 0 Å². The number of Topliss-reactive ketones (excluding diaryl/α,β-unsaturated/α-hetero) is 1. The van der Waals surface area contributed by atoms with E-state index in [0.29, 0.717) is 0 Å². The summed E-state index contributed by atoms with van der Waals surface area (Å²) in [5.74, 6) is -1.37. The van der Waals surface area contributed by atoms with Crippen LogP contribution in [-0.4, -0.2) is 56.8 Å². The van der Waals surface area contributed by atoms with Gasteiger partial charge < -0.3 is 36.8 Å². The summed E-state index contributed by atoms with van der Waals surface area (Å²) < 4.78 is 4.93. The first-order valence-corrected chi connectivity index (χ1v) is 7.39. The molecule has 12 heteroatoms. The standard InChI is InChI=1S/C13H22N6O6/c1-5(21)10(6(2)22)17-13(24)16-8(3-9(15)23)12-18-11(19-25-12)7(14)4-20/h5,7-8,10,20-21H,3-4,14H2,1-2H3,(H2,15,23)(H2,16,17,24)/t5?,7-,8+,10+/m1/s1. The Balaban J connectivity index is 2.89. The van der Waals surface area contributed by atoms with Crippen molar-refractivity contribution in [2.45, 2.75) is 44.5 Å². The predicted octanol–water partition coefficient (Wildman–Crippen LogP) is -2.38. The Hall–Kier alpha value is -2.57. The van der Waals surface area contributed by atoms with Crippen molar-refractivity contribution in [1.82, 2.24) is 20.8 Å². The molecule has 12 nitrogen and oxygen atoms in total.